The van der Waals surface area contributed by atoms with Gasteiger partial charge in [0.2, 0.25) is 0 Å². The number of rotatable bonds is 2. The maximum atomic E-state index is 11.4. The van der Waals surface area contributed by atoms with Gasteiger partial charge in [0.1, 0.15) is 12.1 Å². The van der Waals surface area contributed by atoms with Crippen LogP contribution in [0.25, 0.3) is 10.9 Å². The second-order valence-electron chi connectivity index (χ2n) is 4.58. The van der Waals surface area contributed by atoms with Crippen LogP contribution in [0.3, 0.4) is 0 Å². The number of benzene rings is 1. The first-order chi connectivity index (χ1) is 9.25. The van der Waals surface area contributed by atoms with E-state index in [2.05, 4.69) is 14.9 Å². The summed E-state index contributed by atoms with van der Waals surface area (Å²) in [5, 5.41) is 1.03. The highest BCUT2D eigenvalue weighted by Gasteiger charge is 2.15. The topological polar surface area (TPSA) is 46.1 Å². The number of ketones is 1. The number of hydrogen-bond donors (Lipinski definition) is 0. The molecule has 4 nitrogen and oxygen atoms in total. The van der Waals surface area contributed by atoms with Gasteiger partial charge in [0, 0.05) is 35.5 Å². The van der Waals surface area contributed by atoms with E-state index in [1.54, 1.807) is 13.3 Å². The minimum atomic E-state index is 0.0661. The molecule has 1 aromatic carbocycles. The molecule has 0 atom stereocenters. The second-order valence-corrected chi connectivity index (χ2v) is 5.81. The van der Waals surface area contributed by atoms with E-state index in [4.69, 9.17) is 0 Å². The Bertz CT molecular complexity index is 623. The Hall–Kier alpha value is -1.62. The molecule has 2 aromatic rings. The summed E-state index contributed by atoms with van der Waals surface area (Å²) in [4.78, 5) is 22.4. The van der Waals surface area contributed by atoms with Crippen LogP contribution in [0.2, 0.25) is 0 Å². The number of Topliss-reactive ketones (excluding diaryl/α,β-unsaturated/α-hetero) is 1. The summed E-state index contributed by atoms with van der Waals surface area (Å²) < 4.78 is 0. The van der Waals surface area contributed by atoms with E-state index in [1.807, 2.05) is 30.0 Å². The summed E-state index contributed by atoms with van der Waals surface area (Å²) in [6.07, 6.45) is 1.59. The molecule has 0 amide bonds. The van der Waals surface area contributed by atoms with Crippen LogP contribution >= 0.6 is 11.8 Å². The van der Waals surface area contributed by atoms with E-state index in [-0.39, 0.29) is 5.78 Å². The van der Waals surface area contributed by atoms with Gasteiger partial charge in [0.05, 0.1) is 5.52 Å². The number of fused-ring (bicyclic) bond motifs is 1. The maximum absolute atomic E-state index is 11.4. The molecule has 0 spiro atoms. The third kappa shape index (κ3) is 2.42. The molecule has 1 saturated heterocycles. The van der Waals surface area contributed by atoms with Gasteiger partial charge in [0.15, 0.2) is 5.78 Å². The molecule has 19 heavy (non-hydrogen) atoms. The lowest BCUT2D eigenvalue weighted by Gasteiger charge is -2.28. The fourth-order valence-corrected chi connectivity index (χ4v) is 3.19. The third-order valence-electron chi connectivity index (χ3n) is 3.33. The molecule has 2 heterocycles. The van der Waals surface area contributed by atoms with Crippen molar-refractivity contribution >= 4 is 34.3 Å². The van der Waals surface area contributed by atoms with E-state index >= 15 is 0 Å². The van der Waals surface area contributed by atoms with E-state index < -0.39 is 0 Å². The quantitative estimate of drug-likeness (QED) is 0.786. The van der Waals surface area contributed by atoms with Gasteiger partial charge in [-0.25, -0.2) is 9.97 Å². The van der Waals surface area contributed by atoms with Crippen LogP contribution in [-0.4, -0.2) is 40.3 Å². The summed E-state index contributed by atoms with van der Waals surface area (Å²) in [6, 6.07) is 5.67. The summed E-state index contributed by atoms with van der Waals surface area (Å²) in [7, 11) is 0. The van der Waals surface area contributed by atoms with Gasteiger partial charge in [-0.05, 0) is 19.1 Å². The molecule has 0 bridgehead atoms. The zero-order valence-electron chi connectivity index (χ0n) is 10.8. The van der Waals surface area contributed by atoms with Crippen molar-refractivity contribution in [3.05, 3.63) is 30.1 Å². The van der Waals surface area contributed by atoms with E-state index in [0.29, 0.717) is 5.56 Å². The molecule has 0 N–H and O–H groups in total. The number of anilines is 1. The van der Waals surface area contributed by atoms with E-state index in [0.717, 1.165) is 41.3 Å². The fraction of sp³-hybridized carbons (Fsp3) is 0.357. The smallest absolute Gasteiger partial charge is 0.159 e. The zero-order valence-corrected chi connectivity index (χ0v) is 11.6. The van der Waals surface area contributed by atoms with Crippen LogP contribution in [0.1, 0.15) is 17.3 Å². The second kappa shape index (κ2) is 5.17. The lowest BCUT2D eigenvalue weighted by molar-refractivity contribution is 0.101. The Morgan fingerprint density at radius 2 is 2.05 bits per heavy atom. The summed E-state index contributed by atoms with van der Waals surface area (Å²) in [6.45, 7) is 3.61. The summed E-state index contributed by atoms with van der Waals surface area (Å²) in [5.41, 5.74) is 1.54. The number of nitrogens with zero attached hydrogens (tertiary/aromatic N) is 3. The molecule has 0 radical (unpaired) electrons. The normalized spacial score (nSPS) is 15.7. The molecule has 0 saturated carbocycles. The van der Waals surface area contributed by atoms with Gasteiger partial charge in [0.25, 0.3) is 0 Å². The van der Waals surface area contributed by atoms with Crippen molar-refractivity contribution in [2.45, 2.75) is 6.92 Å². The first kappa shape index (κ1) is 12.4. The third-order valence-corrected chi connectivity index (χ3v) is 4.28. The minimum Gasteiger partial charge on any atom is -0.354 e. The Balaban J connectivity index is 2.07. The highest BCUT2D eigenvalue weighted by Crippen LogP contribution is 2.25. The fourth-order valence-electron chi connectivity index (χ4n) is 2.29. The first-order valence-electron chi connectivity index (χ1n) is 6.34. The lowest BCUT2D eigenvalue weighted by atomic mass is 10.1. The first-order valence-corrected chi connectivity index (χ1v) is 7.49. The van der Waals surface area contributed by atoms with Crippen molar-refractivity contribution in [3.8, 4) is 0 Å². The van der Waals surface area contributed by atoms with E-state index in [9.17, 15) is 4.79 Å². The average molecular weight is 273 g/mol. The maximum Gasteiger partial charge on any atom is 0.159 e. The SMILES string of the molecule is CC(=O)c1ccc2c(N3CCSCC3)ncnc2c1. The minimum absolute atomic E-state index is 0.0661. The molecule has 3 rings (SSSR count). The van der Waals surface area contributed by atoms with Gasteiger partial charge in [-0.15, -0.1) is 0 Å². The van der Waals surface area contributed by atoms with Gasteiger partial charge in [-0.3, -0.25) is 4.79 Å². The lowest BCUT2D eigenvalue weighted by Crippen LogP contribution is -2.33. The highest BCUT2D eigenvalue weighted by atomic mass is 32.2. The monoisotopic (exact) mass is 273 g/mol. The number of hydrogen-bond acceptors (Lipinski definition) is 5. The Labute approximate surface area is 116 Å². The largest absolute Gasteiger partial charge is 0.354 e. The standard InChI is InChI=1S/C14H15N3OS/c1-10(18)11-2-3-12-13(8-11)15-9-16-14(12)17-4-6-19-7-5-17/h2-3,8-9H,4-7H2,1H3. The van der Waals surface area contributed by atoms with Gasteiger partial charge in [-0.2, -0.15) is 11.8 Å². The van der Waals surface area contributed by atoms with Crippen molar-refractivity contribution < 1.29 is 4.79 Å². The van der Waals surface area contributed by atoms with Crippen molar-refractivity contribution in [1.82, 2.24) is 9.97 Å². The van der Waals surface area contributed by atoms with Crippen molar-refractivity contribution in [2.75, 3.05) is 29.5 Å². The predicted molar refractivity (Wildman–Crippen MR) is 79.1 cm³/mol. The van der Waals surface area contributed by atoms with Gasteiger partial charge >= 0.3 is 0 Å². The van der Waals surface area contributed by atoms with Crippen LogP contribution in [0.5, 0.6) is 0 Å². The van der Waals surface area contributed by atoms with Crippen molar-refractivity contribution in [2.24, 2.45) is 0 Å². The van der Waals surface area contributed by atoms with Crippen LogP contribution < -0.4 is 4.90 Å². The molecule has 1 aliphatic heterocycles. The van der Waals surface area contributed by atoms with E-state index in [1.165, 1.54) is 0 Å². The Morgan fingerprint density at radius 3 is 2.79 bits per heavy atom. The van der Waals surface area contributed by atoms with Gasteiger partial charge in [-0.1, -0.05) is 6.07 Å². The number of thioether (sulfide) groups is 1. The molecule has 0 aliphatic carbocycles. The number of aromatic nitrogens is 2. The van der Waals surface area contributed by atoms with Crippen LogP contribution in [0, 0.1) is 0 Å². The van der Waals surface area contributed by atoms with Gasteiger partial charge < -0.3 is 4.90 Å². The van der Waals surface area contributed by atoms with Crippen LogP contribution in [0.15, 0.2) is 24.5 Å². The molecule has 1 fully saturated rings. The number of carbonyl (C=O) groups excluding carboxylic acids is 1. The highest BCUT2D eigenvalue weighted by molar-refractivity contribution is 7.99. The van der Waals surface area contributed by atoms with Crippen LogP contribution in [-0.2, 0) is 0 Å². The predicted octanol–water partition coefficient (Wildman–Crippen LogP) is 2.39. The molecule has 5 heteroatoms. The molecule has 1 aromatic heterocycles. The summed E-state index contributed by atoms with van der Waals surface area (Å²) in [5.74, 6) is 3.32. The molecule has 0 unspecified atom stereocenters. The van der Waals surface area contributed by atoms with Crippen molar-refractivity contribution in [1.29, 1.82) is 0 Å². The molecular weight excluding hydrogens is 258 g/mol. The Morgan fingerprint density at radius 1 is 1.26 bits per heavy atom. The number of carbonyl (C=O) groups is 1. The molecule has 1 aliphatic rings. The average Bonchev–Trinajstić information content (AvgIpc) is 2.47. The molecule has 98 valence electrons. The van der Waals surface area contributed by atoms with Crippen LogP contribution in [0.4, 0.5) is 5.82 Å². The zero-order chi connectivity index (χ0) is 13.2. The Kier molecular flexibility index (Phi) is 3.38. The molecular formula is C14H15N3OS. The summed E-state index contributed by atoms with van der Waals surface area (Å²) >= 11 is 1.98. The van der Waals surface area contributed by atoms with Crippen molar-refractivity contribution in [3.63, 3.8) is 0 Å².